The Hall–Kier alpha value is -2.17. The summed E-state index contributed by atoms with van der Waals surface area (Å²) in [6.45, 7) is 0.832. The molecule has 0 radical (unpaired) electrons. The number of carboxylic acids is 1. The molecule has 0 aliphatic carbocycles. The van der Waals surface area contributed by atoms with Crippen LogP contribution in [0.1, 0.15) is 18.4 Å². The SMILES string of the molecule is O=C(O)C1CCCN(C(=O)/C=C/c2ccc(F)cc2)C1. The molecule has 1 saturated heterocycles. The van der Waals surface area contributed by atoms with Crippen molar-refractivity contribution in [3.8, 4) is 0 Å². The minimum absolute atomic E-state index is 0.208. The maximum absolute atomic E-state index is 12.7. The quantitative estimate of drug-likeness (QED) is 0.861. The molecule has 1 aromatic carbocycles. The molecule has 0 spiro atoms. The Kier molecular flexibility index (Phi) is 4.50. The number of rotatable bonds is 3. The number of hydrogen-bond donors (Lipinski definition) is 1. The first kappa shape index (κ1) is 14.2. The molecule has 0 saturated carbocycles. The zero-order chi connectivity index (χ0) is 14.5. The number of amides is 1. The topological polar surface area (TPSA) is 57.6 Å². The number of likely N-dealkylation sites (tertiary alicyclic amines) is 1. The van der Waals surface area contributed by atoms with Crippen molar-refractivity contribution in [2.24, 2.45) is 5.92 Å². The molecule has 1 aromatic rings. The lowest BCUT2D eigenvalue weighted by Gasteiger charge is -2.29. The Morgan fingerprint density at radius 1 is 1.30 bits per heavy atom. The van der Waals surface area contributed by atoms with E-state index in [4.69, 9.17) is 5.11 Å². The molecule has 1 N–H and O–H groups in total. The van der Waals surface area contributed by atoms with Crippen LogP contribution in [0.4, 0.5) is 4.39 Å². The molecule has 1 heterocycles. The summed E-state index contributed by atoms with van der Waals surface area (Å²) < 4.78 is 12.7. The number of carboxylic acid groups (broad SMARTS) is 1. The number of piperidine rings is 1. The van der Waals surface area contributed by atoms with Gasteiger partial charge in [0.05, 0.1) is 5.92 Å². The highest BCUT2D eigenvalue weighted by molar-refractivity contribution is 5.92. The molecule has 4 nitrogen and oxygen atoms in total. The summed E-state index contributed by atoms with van der Waals surface area (Å²) in [5, 5.41) is 8.98. The minimum atomic E-state index is -0.856. The molecular weight excluding hydrogens is 261 g/mol. The molecule has 0 aromatic heterocycles. The third-order valence-corrected chi connectivity index (χ3v) is 3.37. The van der Waals surface area contributed by atoms with Crippen molar-refractivity contribution in [1.29, 1.82) is 0 Å². The third-order valence-electron chi connectivity index (χ3n) is 3.37. The first-order valence-electron chi connectivity index (χ1n) is 6.51. The van der Waals surface area contributed by atoms with Crippen LogP contribution in [0.5, 0.6) is 0 Å². The number of halogens is 1. The van der Waals surface area contributed by atoms with Gasteiger partial charge < -0.3 is 10.0 Å². The lowest BCUT2D eigenvalue weighted by molar-refractivity contribution is -0.144. The molecule has 0 bridgehead atoms. The van der Waals surface area contributed by atoms with E-state index in [0.717, 1.165) is 5.56 Å². The van der Waals surface area contributed by atoms with Gasteiger partial charge in [0, 0.05) is 19.2 Å². The fourth-order valence-corrected chi connectivity index (χ4v) is 2.23. The van der Waals surface area contributed by atoms with Crippen molar-refractivity contribution in [2.45, 2.75) is 12.8 Å². The second-order valence-electron chi connectivity index (χ2n) is 4.85. The van der Waals surface area contributed by atoms with Gasteiger partial charge in [-0.3, -0.25) is 9.59 Å². The summed E-state index contributed by atoms with van der Waals surface area (Å²) in [4.78, 5) is 24.5. The summed E-state index contributed by atoms with van der Waals surface area (Å²) in [5.74, 6) is -1.87. The van der Waals surface area contributed by atoms with E-state index in [1.807, 2.05) is 0 Å². The minimum Gasteiger partial charge on any atom is -0.481 e. The fourth-order valence-electron chi connectivity index (χ4n) is 2.23. The lowest BCUT2D eigenvalue weighted by atomic mass is 9.98. The fraction of sp³-hybridized carbons (Fsp3) is 0.333. The van der Waals surface area contributed by atoms with Crippen LogP contribution >= 0.6 is 0 Å². The van der Waals surface area contributed by atoms with Crippen LogP contribution < -0.4 is 0 Å². The smallest absolute Gasteiger partial charge is 0.308 e. The van der Waals surface area contributed by atoms with Gasteiger partial charge in [-0.25, -0.2) is 4.39 Å². The lowest BCUT2D eigenvalue weighted by Crippen LogP contribution is -2.41. The zero-order valence-corrected chi connectivity index (χ0v) is 11.0. The maximum atomic E-state index is 12.7. The molecule has 1 aliphatic heterocycles. The van der Waals surface area contributed by atoms with Gasteiger partial charge in [0.25, 0.3) is 0 Å². The highest BCUT2D eigenvalue weighted by atomic mass is 19.1. The molecule has 1 aliphatic rings. The van der Waals surface area contributed by atoms with E-state index in [1.54, 1.807) is 23.1 Å². The van der Waals surface area contributed by atoms with Crippen LogP contribution in [0.15, 0.2) is 30.3 Å². The molecule has 1 fully saturated rings. The normalized spacial score (nSPS) is 19.2. The molecule has 20 heavy (non-hydrogen) atoms. The zero-order valence-electron chi connectivity index (χ0n) is 11.0. The van der Waals surface area contributed by atoms with E-state index in [1.165, 1.54) is 18.2 Å². The van der Waals surface area contributed by atoms with Crippen LogP contribution in [0.25, 0.3) is 6.08 Å². The van der Waals surface area contributed by atoms with Gasteiger partial charge >= 0.3 is 5.97 Å². The number of nitrogens with zero attached hydrogens (tertiary/aromatic N) is 1. The second kappa shape index (κ2) is 6.32. The van der Waals surface area contributed by atoms with E-state index in [9.17, 15) is 14.0 Å². The number of carbonyl (C=O) groups is 2. The highest BCUT2D eigenvalue weighted by Gasteiger charge is 2.26. The second-order valence-corrected chi connectivity index (χ2v) is 4.85. The van der Waals surface area contributed by atoms with Crippen molar-refractivity contribution in [3.63, 3.8) is 0 Å². The van der Waals surface area contributed by atoms with Crippen molar-refractivity contribution in [1.82, 2.24) is 4.90 Å². The van der Waals surface area contributed by atoms with Crippen molar-refractivity contribution in [3.05, 3.63) is 41.7 Å². The van der Waals surface area contributed by atoms with E-state index >= 15 is 0 Å². The van der Waals surface area contributed by atoms with Crippen LogP contribution in [0.2, 0.25) is 0 Å². The van der Waals surface area contributed by atoms with E-state index in [2.05, 4.69) is 0 Å². The number of aliphatic carboxylic acids is 1. The maximum Gasteiger partial charge on any atom is 0.308 e. The molecule has 2 rings (SSSR count). The van der Waals surface area contributed by atoms with Gasteiger partial charge in [-0.1, -0.05) is 12.1 Å². The molecule has 106 valence electrons. The number of carbonyl (C=O) groups excluding carboxylic acids is 1. The largest absolute Gasteiger partial charge is 0.481 e. The average molecular weight is 277 g/mol. The molecule has 1 atom stereocenters. The van der Waals surface area contributed by atoms with Gasteiger partial charge in [-0.2, -0.15) is 0 Å². The van der Waals surface area contributed by atoms with E-state index in [-0.39, 0.29) is 18.3 Å². The predicted molar refractivity (Wildman–Crippen MR) is 72.4 cm³/mol. The van der Waals surface area contributed by atoms with Gasteiger partial charge in [0.1, 0.15) is 5.82 Å². The molecule has 1 unspecified atom stereocenters. The van der Waals surface area contributed by atoms with E-state index in [0.29, 0.717) is 19.4 Å². The van der Waals surface area contributed by atoms with Gasteiger partial charge in [-0.05, 0) is 36.6 Å². The Labute approximate surface area is 116 Å². The summed E-state index contributed by atoms with van der Waals surface area (Å²) in [6.07, 6.45) is 4.32. The summed E-state index contributed by atoms with van der Waals surface area (Å²) in [6, 6.07) is 5.81. The first-order chi connectivity index (χ1) is 9.56. The first-order valence-corrected chi connectivity index (χ1v) is 6.51. The number of benzene rings is 1. The highest BCUT2D eigenvalue weighted by Crippen LogP contribution is 2.17. The molecule has 1 amide bonds. The Bertz CT molecular complexity index is 524. The molecular formula is C15H16FNO3. The Balaban J connectivity index is 1.97. The number of hydrogen-bond acceptors (Lipinski definition) is 2. The third kappa shape index (κ3) is 3.66. The van der Waals surface area contributed by atoms with Crippen molar-refractivity contribution in [2.75, 3.05) is 13.1 Å². The van der Waals surface area contributed by atoms with Gasteiger partial charge in [0.2, 0.25) is 5.91 Å². The van der Waals surface area contributed by atoms with Crippen LogP contribution in [-0.4, -0.2) is 35.0 Å². The summed E-state index contributed by atoms with van der Waals surface area (Å²) in [7, 11) is 0. The standard InChI is InChI=1S/C15H16FNO3/c16-13-6-3-11(4-7-13)5-8-14(18)17-9-1-2-12(10-17)15(19)20/h3-8,12H,1-2,9-10H2,(H,19,20)/b8-5+. The summed E-state index contributed by atoms with van der Waals surface area (Å²) >= 11 is 0. The van der Waals surface area contributed by atoms with Gasteiger partial charge in [0.15, 0.2) is 0 Å². The van der Waals surface area contributed by atoms with Crippen molar-refractivity contribution < 1.29 is 19.1 Å². The molecule has 5 heteroatoms. The average Bonchev–Trinajstić information content (AvgIpc) is 2.46. The monoisotopic (exact) mass is 277 g/mol. The Morgan fingerprint density at radius 3 is 2.65 bits per heavy atom. The van der Waals surface area contributed by atoms with Crippen molar-refractivity contribution >= 4 is 18.0 Å². The Morgan fingerprint density at radius 2 is 2.00 bits per heavy atom. The van der Waals surface area contributed by atoms with E-state index < -0.39 is 11.9 Å². The van der Waals surface area contributed by atoms with Crippen LogP contribution in [-0.2, 0) is 9.59 Å². The summed E-state index contributed by atoms with van der Waals surface area (Å²) in [5.41, 5.74) is 0.728. The van der Waals surface area contributed by atoms with Crippen LogP contribution in [0.3, 0.4) is 0 Å². The van der Waals surface area contributed by atoms with Crippen LogP contribution in [0, 0.1) is 11.7 Å². The predicted octanol–water partition coefficient (Wildman–Crippen LogP) is 2.16. The van der Waals surface area contributed by atoms with Gasteiger partial charge in [-0.15, -0.1) is 0 Å².